The van der Waals surface area contributed by atoms with E-state index in [4.69, 9.17) is 0 Å². The van der Waals surface area contributed by atoms with Crippen LogP contribution in [0, 0.1) is 32.1 Å². The third-order valence-electron chi connectivity index (χ3n) is 5.50. The van der Waals surface area contributed by atoms with Crippen LogP contribution in [0.15, 0.2) is 64.6 Å². The summed E-state index contributed by atoms with van der Waals surface area (Å²) in [6.07, 6.45) is 0. The number of nitrogens with one attached hydrogen (secondary N) is 1. The number of hydrogen-bond donors (Lipinski definition) is 1. The van der Waals surface area contributed by atoms with Crippen molar-refractivity contribution in [2.24, 2.45) is 0 Å². The third kappa shape index (κ3) is 5.51. The summed E-state index contributed by atoms with van der Waals surface area (Å²) < 4.78 is 27.8. The van der Waals surface area contributed by atoms with E-state index in [0.717, 1.165) is 27.8 Å². The number of anilines is 1. The van der Waals surface area contributed by atoms with Crippen LogP contribution in [-0.4, -0.2) is 34.8 Å². The molecule has 36 heavy (non-hydrogen) atoms. The minimum absolute atomic E-state index is 0.0105. The number of amides is 1. The van der Waals surface area contributed by atoms with Gasteiger partial charge in [0.05, 0.1) is 16.2 Å². The first-order chi connectivity index (χ1) is 17.2. The van der Waals surface area contributed by atoms with E-state index in [2.05, 4.69) is 21.6 Å². The number of nitriles is 1. The Kier molecular flexibility index (Phi) is 7.59. The summed E-state index contributed by atoms with van der Waals surface area (Å²) in [5.74, 6) is -0.379. The monoisotopic (exact) mass is 537 g/mol. The summed E-state index contributed by atoms with van der Waals surface area (Å²) in [7, 11) is -3.67. The maximum atomic E-state index is 13.1. The summed E-state index contributed by atoms with van der Waals surface area (Å²) in [6, 6.07) is 18.0. The number of para-hydroxylation sites is 1. The predicted molar refractivity (Wildman–Crippen MR) is 141 cm³/mol. The van der Waals surface area contributed by atoms with Crippen molar-refractivity contribution in [2.75, 3.05) is 11.1 Å². The Labute approximate surface area is 217 Å². The van der Waals surface area contributed by atoms with Crippen molar-refractivity contribution < 1.29 is 13.2 Å². The lowest BCUT2D eigenvalue weighted by Crippen LogP contribution is -2.15. The second-order valence-corrected chi connectivity index (χ2v) is 12.2. The minimum atomic E-state index is -3.67. The van der Waals surface area contributed by atoms with Gasteiger partial charge in [0, 0.05) is 10.6 Å². The van der Waals surface area contributed by atoms with Crippen molar-refractivity contribution in [1.82, 2.24) is 14.8 Å². The molecule has 0 saturated heterocycles. The molecule has 4 aromatic rings. The number of sulfone groups is 1. The molecular formula is C25H23N5O3S3. The fraction of sp³-hybridized carbons (Fsp3) is 0.200. The van der Waals surface area contributed by atoms with E-state index < -0.39 is 9.84 Å². The highest BCUT2D eigenvalue weighted by atomic mass is 32.2. The molecule has 8 nitrogen and oxygen atoms in total. The highest BCUT2D eigenvalue weighted by molar-refractivity contribution is 7.99. The Hall–Kier alpha value is -3.46. The Balaban J connectivity index is 1.58. The number of thioether (sulfide) groups is 1. The SMILES string of the molecule is Cc1ccc(S(=O)(=O)Cc2nnc(SCC(=O)Nc3sc(C)c(C)c3C#N)n2-c2ccccc2)cc1. The van der Waals surface area contributed by atoms with Crippen LogP contribution in [0.5, 0.6) is 0 Å². The molecule has 0 aliphatic heterocycles. The number of benzene rings is 2. The van der Waals surface area contributed by atoms with Crippen LogP contribution in [-0.2, 0) is 20.4 Å². The summed E-state index contributed by atoms with van der Waals surface area (Å²) in [4.78, 5) is 13.9. The first-order valence-electron chi connectivity index (χ1n) is 10.9. The van der Waals surface area contributed by atoms with Crippen LogP contribution in [0.1, 0.15) is 27.4 Å². The zero-order valence-electron chi connectivity index (χ0n) is 19.8. The van der Waals surface area contributed by atoms with E-state index in [1.807, 2.05) is 51.1 Å². The molecule has 4 rings (SSSR count). The maximum Gasteiger partial charge on any atom is 0.235 e. The van der Waals surface area contributed by atoms with Gasteiger partial charge in [0.1, 0.15) is 16.8 Å². The number of aromatic nitrogens is 3. The first-order valence-corrected chi connectivity index (χ1v) is 14.4. The van der Waals surface area contributed by atoms with Gasteiger partial charge in [-0.15, -0.1) is 21.5 Å². The molecule has 0 aliphatic rings. The van der Waals surface area contributed by atoms with Gasteiger partial charge in [-0.25, -0.2) is 8.42 Å². The molecule has 0 spiro atoms. The highest BCUT2D eigenvalue weighted by Gasteiger charge is 2.23. The van der Waals surface area contributed by atoms with Gasteiger partial charge >= 0.3 is 0 Å². The Morgan fingerprint density at radius 3 is 2.44 bits per heavy atom. The average molecular weight is 538 g/mol. The summed E-state index contributed by atoms with van der Waals surface area (Å²) in [5, 5.41) is 21.5. The van der Waals surface area contributed by atoms with E-state index in [9.17, 15) is 18.5 Å². The molecule has 0 radical (unpaired) electrons. The number of carbonyl (C=O) groups is 1. The van der Waals surface area contributed by atoms with Gasteiger partial charge in [-0.3, -0.25) is 9.36 Å². The smallest absolute Gasteiger partial charge is 0.235 e. The maximum absolute atomic E-state index is 13.1. The van der Waals surface area contributed by atoms with Crippen LogP contribution in [0.2, 0.25) is 0 Å². The van der Waals surface area contributed by atoms with Gasteiger partial charge in [0.2, 0.25) is 5.91 Å². The molecule has 2 aromatic carbocycles. The Morgan fingerprint density at radius 2 is 1.78 bits per heavy atom. The van der Waals surface area contributed by atoms with E-state index >= 15 is 0 Å². The third-order valence-corrected chi connectivity index (χ3v) is 9.18. The minimum Gasteiger partial charge on any atom is -0.316 e. The van der Waals surface area contributed by atoms with Crippen molar-refractivity contribution in [3.8, 4) is 11.8 Å². The molecule has 11 heteroatoms. The van der Waals surface area contributed by atoms with Crippen molar-refractivity contribution in [1.29, 1.82) is 5.26 Å². The van der Waals surface area contributed by atoms with Crippen LogP contribution in [0.25, 0.3) is 5.69 Å². The van der Waals surface area contributed by atoms with Gasteiger partial charge < -0.3 is 5.32 Å². The molecule has 0 fully saturated rings. The lowest BCUT2D eigenvalue weighted by atomic mass is 10.2. The molecule has 0 unspecified atom stereocenters. The van der Waals surface area contributed by atoms with Crippen molar-refractivity contribution in [3.05, 3.63) is 82.0 Å². The van der Waals surface area contributed by atoms with Crippen LogP contribution in [0.3, 0.4) is 0 Å². The topological polar surface area (TPSA) is 118 Å². The number of rotatable bonds is 8. The van der Waals surface area contributed by atoms with Crippen LogP contribution >= 0.6 is 23.1 Å². The van der Waals surface area contributed by atoms with Crippen LogP contribution < -0.4 is 5.32 Å². The molecule has 0 saturated carbocycles. The summed E-state index contributed by atoms with van der Waals surface area (Å²) in [6.45, 7) is 5.65. The van der Waals surface area contributed by atoms with Gasteiger partial charge in [0.25, 0.3) is 0 Å². The number of thiophene rings is 1. The number of carbonyl (C=O) groups excluding carboxylic acids is 1. The number of aryl methyl sites for hydroxylation is 2. The molecular weight excluding hydrogens is 515 g/mol. The van der Waals surface area contributed by atoms with E-state index in [1.54, 1.807) is 28.8 Å². The number of hydrogen-bond acceptors (Lipinski definition) is 8. The Bertz CT molecular complexity index is 1550. The second kappa shape index (κ2) is 10.7. The largest absolute Gasteiger partial charge is 0.316 e. The molecule has 0 atom stereocenters. The number of nitrogens with zero attached hydrogens (tertiary/aromatic N) is 4. The zero-order valence-corrected chi connectivity index (χ0v) is 22.3. The molecule has 0 bridgehead atoms. The quantitative estimate of drug-likeness (QED) is 0.320. The molecule has 184 valence electrons. The van der Waals surface area contributed by atoms with E-state index in [-0.39, 0.29) is 28.1 Å². The van der Waals surface area contributed by atoms with Gasteiger partial charge in [-0.05, 0) is 50.6 Å². The average Bonchev–Trinajstić information content (AvgIpc) is 3.37. The van der Waals surface area contributed by atoms with Gasteiger partial charge in [-0.2, -0.15) is 5.26 Å². The van der Waals surface area contributed by atoms with Crippen molar-refractivity contribution in [2.45, 2.75) is 36.6 Å². The molecule has 2 aromatic heterocycles. The highest BCUT2D eigenvalue weighted by Crippen LogP contribution is 2.32. The molecule has 0 aliphatic carbocycles. The lowest BCUT2D eigenvalue weighted by Gasteiger charge is -2.11. The van der Waals surface area contributed by atoms with Crippen molar-refractivity contribution >= 4 is 43.8 Å². The fourth-order valence-electron chi connectivity index (χ4n) is 3.47. The second-order valence-electron chi connectivity index (χ2n) is 8.08. The lowest BCUT2D eigenvalue weighted by molar-refractivity contribution is -0.113. The first kappa shape index (κ1) is 25.6. The molecule has 2 heterocycles. The predicted octanol–water partition coefficient (Wildman–Crippen LogP) is 4.83. The standard InChI is InChI=1S/C25H23N5O3S3/c1-16-9-11-20(12-10-16)36(32,33)15-22-28-29-25(30(22)19-7-5-4-6-8-19)34-14-23(31)27-24-21(13-26)17(2)18(3)35-24/h4-12H,14-15H2,1-3H3,(H,27,31). The van der Waals surface area contributed by atoms with Crippen molar-refractivity contribution in [3.63, 3.8) is 0 Å². The van der Waals surface area contributed by atoms with Gasteiger partial charge in [-0.1, -0.05) is 47.7 Å². The van der Waals surface area contributed by atoms with E-state index in [0.29, 0.717) is 21.4 Å². The normalized spacial score (nSPS) is 11.3. The summed E-state index contributed by atoms with van der Waals surface area (Å²) in [5.41, 5.74) is 2.98. The molecule has 1 amide bonds. The zero-order chi connectivity index (χ0) is 25.9. The fourth-order valence-corrected chi connectivity index (χ4v) is 6.51. The molecule has 1 N–H and O–H groups in total. The summed E-state index contributed by atoms with van der Waals surface area (Å²) >= 11 is 2.50. The van der Waals surface area contributed by atoms with Crippen LogP contribution in [0.4, 0.5) is 5.00 Å². The van der Waals surface area contributed by atoms with Gasteiger partial charge in [0.15, 0.2) is 20.8 Å². The van der Waals surface area contributed by atoms with E-state index in [1.165, 1.54) is 11.3 Å². The Morgan fingerprint density at radius 1 is 1.08 bits per heavy atom.